The first-order chi connectivity index (χ1) is 17.0. The van der Waals surface area contributed by atoms with Crippen LogP contribution in [-0.4, -0.2) is 75.4 Å². The van der Waals surface area contributed by atoms with Gasteiger partial charge in [0.15, 0.2) is 15.9 Å². The van der Waals surface area contributed by atoms with Gasteiger partial charge in [0, 0.05) is 30.4 Å². The van der Waals surface area contributed by atoms with Crippen LogP contribution in [-0.2, 0) is 24.1 Å². The molecule has 1 amide bonds. The van der Waals surface area contributed by atoms with Crippen LogP contribution in [0.25, 0.3) is 11.1 Å². The normalized spacial score (nSPS) is 20.4. The largest absolute Gasteiger partial charge is 0.460 e. The van der Waals surface area contributed by atoms with Gasteiger partial charge in [-0.05, 0) is 36.2 Å². The standard InChI is InChI=1S/C24H29FN4O6S/c1-15(2)22(26)23(30)34-14-18-13-29(24(31)35-18)17-4-5-19(20(25)11-17)16-3-6-21(27-12-16)28-7-9-36(32,33)10-8-28/h3-6,11-12,15,18,22H,7-10,13-14,26H2,1-2H3/t18-,22-/m1/s1. The van der Waals surface area contributed by atoms with Gasteiger partial charge in [-0.1, -0.05) is 13.8 Å². The van der Waals surface area contributed by atoms with Crippen LogP contribution >= 0.6 is 0 Å². The maximum Gasteiger partial charge on any atom is 0.414 e. The van der Waals surface area contributed by atoms with Crippen molar-refractivity contribution < 1.29 is 31.9 Å². The highest BCUT2D eigenvalue weighted by molar-refractivity contribution is 7.91. The van der Waals surface area contributed by atoms with Gasteiger partial charge in [0.2, 0.25) is 0 Å². The fraction of sp³-hybridized carbons (Fsp3) is 0.458. The second kappa shape index (κ2) is 10.4. The van der Waals surface area contributed by atoms with E-state index in [0.717, 1.165) is 0 Å². The number of anilines is 2. The maximum absolute atomic E-state index is 15.0. The van der Waals surface area contributed by atoms with Crippen molar-refractivity contribution in [1.29, 1.82) is 0 Å². The molecule has 2 aliphatic heterocycles. The molecule has 3 heterocycles. The van der Waals surface area contributed by atoms with E-state index in [1.807, 2.05) is 4.90 Å². The summed E-state index contributed by atoms with van der Waals surface area (Å²) in [4.78, 5) is 31.8. The van der Waals surface area contributed by atoms with Crippen LogP contribution in [0, 0.1) is 11.7 Å². The number of benzene rings is 1. The fourth-order valence-corrected chi connectivity index (χ4v) is 5.14. The average Bonchev–Trinajstić information content (AvgIpc) is 3.22. The van der Waals surface area contributed by atoms with Gasteiger partial charge in [-0.3, -0.25) is 9.69 Å². The van der Waals surface area contributed by atoms with E-state index in [0.29, 0.717) is 35.7 Å². The average molecular weight is 521 g/mol. The number of pyridine rings is 1. The van der Waals surface area contributed by atoms with Crippen molar-refractivity contribution >= 4 is 33.4 Å². The molecule has 1 aromatic heterocycles. The first kappa shape index (κ1) is 25.8. The van der Waals surface area contributed by atoms with Gasteiger partial charge in [0.1, 0.15) is 24.3 Å². The summed E-state index contributed by atoms with van der Waals surface area (Å²) in [5.74, 6) is -0.403. The molecule has 2 aromatic rings. The van der Waals surface area contributed by atoms with E-state index in [1.54, 1.807) is 38.1 Å². The Morgan fingerprint density at radius 2 is 1.97 bits per heavy atom. The molecule has 0 saturated carbocycles. The second-order valence-electron chi connectivity index (χ2n) is 9.22. The van der Waals surface area contributed by atoms with Crippen LogP contribution in [0.1, 0.15) is 13.8 Å². The van der Waals surface area contributed by atoms with E-state index in [9.17, 15) is 18.0 Å². The number of nitrogens with two attached hydrogens (primary N) is 1. The Balaban J connectivity index is 1.39. The third kappa shape index (κ3) is 5.76. The zero-order valence-corrected chi connectivity index (χ0v) is 20.9. The number of hydrogen-bond acceptors (Lipinski definition) is 9. The zero-order valence-electron chi connectivity index (χ0n) is 20.1. The van der Waals surface area contributed by atoms with E-state index in [1.165, 1.54) is 17.2 Å². The number of esters is 1. The molecule has 1 aromatic carbocycles. The van der Waals surface area contributed by atoms with Crippen molar-refractivity contribution in [2.75, 3.05) is 47.5 Å². The van der Waals surface area contributed by atoms with Crippen molar-refractivity contribution in [2.45, 2.75) is 26.0 Å². The molecule has 2 fully saturated rings. The Kier molecular flexibility index (Phi) is 7.46. The number of carbonyl (C=O) groups is 2. The number of aromatic nitrogens is 1. The number of carbonyl (C=O) groups excluding carboxylic acids is 2. The number of halogens is 1. The molecule has 0 spiro atoms. The van der Waals surface area contributed by atoms with E-state index in [4.69, 9.17) is 15.2 Å². The number of cyclic esters (lactones) is 1. The summed E-state index contributed by atoms with van der Waals surface area (Å²) >= 11 is 0. The highest BCUT2D eigenvalue weighted by Crippen LogP contribution is 2.30. The molecule has 0 radical (unpaired) electrons. The molecule has 12 heteroatoms. The Bertz CT molecular complexity index is 1220. The number of amides is 1. The van der Waals surface area contributed by atoms with Gasteiger partial charge in [0.25, 0.3) is 0 Å². The second-order valence-corrected chi connectivity index (χ2v) is 11.5. The fourth-order valence-electron chi connectivity index (χ4n) is 3.94. The lowest BCUT2D eigenvalue weighted by atomic mass is 10.1. The molecule has 2 atom stereocenters. The Morgan fingerprint density at radius 3 is 2.58 bits per heavy atom. The van der Waals surface area contributed by atoms with Crippen molar-refractivity contribution in [1.82, 2.24) is 4.98 Å². The Hall–Kier alpha value is -3.25. The summed E-state index contributed by atoms with van der Waals surface area (Å²) in [6, 6.07) is 7.08. The number of hydrogen-bond donors (Lipinski definition) is 1. The quantitative estimate of drug-likeness (QED) is 0.544. The topological polar surface area (TPSA) is 132 Å². The van der Waals surface area contributed by atoms with E-state index >= 15 is 4.39 Å². The summed E-state index contributed by atoms with van der Waals surface area (Å²) in [5, 5.41) is 0. The van der Waals surface area contributed by atoms with E-state index in [-0.39, 0.29) is 30.6 Å². The van der Waals surface area contributed by atoms with Gasteiger partial charge in [-0.15, -0.1) is 0 Å². The van der Waals surface area contributed by atoms with Gasteiger partial charge in [-0.25, -0.2) is 22.6 Å². The molecule has 10 nitrogen and oxygen atoms in total. The van der Waals surface area contributed by atoms with Gasteiger partial charge >= 0.3 is 12.1 Å². The SMILES string of the molecule is CC(C)[C@@H](N)C(=O)OC[C@H]1CN(c2ccc(-c3ccc(N4CCS(=O)(=O)CC4)nc3)c(F)c2)C(=O)O1. The maximum atomic E-state index is 15.0. The molecule has 0 unspecified atom stereocenters. The van der Waals surface area contributed by atoms with Gasteiger partial charge in [0.05, 0.1) is 23.7 Å². The predicted molar refractivity (Wildman–Crippen MR) is 132 cm³/mol. The van der Waals surface area contributed by atoms with Crippen LogP contribution in [0.4, 0.5) is 20.7 Å². The van der Waals surface area contributed by atoms with E-state index in [2.05, 4.69) is 4.98 Å². The smallest absolute Gasteiger partial charge is 0.414 e. The first-order valence-electron chi connectivity index (χ1n) is 11.7. The summed E-state index contributed by atoms with van der Waals surface area (Å²) in [7, 11) is -3.00. The first-order valence-corrected chi connectivity index (χ1v) is 13.5. The predicted octanol–water partition coefficient (Wildman–Crippen LogP) is 1.97. The van der Waals surface area contributed by atoms with Gasteiger partial charge in [-0.2, -0.15) is 0 Å². The highest BCUT2D eigenvalue weighted by Gasteiger charge is 2.34. The minimum Gasteiger partial charge on any atom is -0.460 e. The lowest BCUT2D eigenvalue weighted by Crippen LogP contribution is -2.40. The van der Waals surface area contributed by atoms with Crippen LogP contribution in [0.3, 0.4) is 0 Å². The molecule has 0 bridgehead atoms. The summed E-state index contributed by atoms with van der Waals surface area (Å²) in [6.45, 7) is 4.31. The number of sulfone groups is 1. The number of rotatable bonds is 7. The molecular weight excluding hydrogens is 491 g/mol. The molecule has 2 aliphatic rings. The number of ether oxygens (including phenoxy) is 2. The van der Waals surface area contributed by atoms with Gasteiger partial charge < -0.3 is 20.1 Å². The highest BCUT2D eigenvalue weighted by atomic mass is 32.2. The van der Waals surface area contributed by atoms with Crippen LogP contribution in [0.2, 0.25) is 0 Å². The van der Waals surface area contributed by atoms with Crippen LogP contribution in [0.15, 0.2) is 36.5 Å². The minimum absolute atomic E-state index is 0.0836. The van der Waals surface area contributed by atoms with Crippen molar-refractivity contribution in [3.63, 3.8) is 0 Å². The van der Waals surface area contributed by atoms with Crippen molar-refractivity contribution in [3.8, 4) is 11.1 Å². The lowest BCUT2D eigenvalue weighted by molar-refractivity contribution is -0.148. The third-order valence-electron chi connectivity index (χ3n) is 6.27. The zero-order chi connectivity index (χ0) is 26.0. The Morgan fingerprint density at radius 1 is 1.25 bits per heavy atom. The Labute approximate surface area is 209 Å². The molecule has 0 aliphatic carbocycles. The molecule has 36 heavy (non-hydrogen) atoms. The molecule has 194 valence electrons. The lowest BCUT2D eigenvalue weighted by Gasteiger charge is -2.27. The monoisotopic (exact) mass is 520 g/mol. The van der Waals surface area contributed by atoms with Crippen LogP contribution < -0.4 is 15.5 Å². The molecule has 2 saturated heterocycles. The molecule has 4 rings (SSSR count). The summed E-state index contributed by atoms with van der Waals surface area (Å²) in [6.07, 6.45) is 0.184. The van der Waals surface area contributed by atoms with Crippen LogP contribution in [0.5, 0.6) is 0 Å². The summed E-state index contributed by atoms with van der Waals surface area (Å²) in [5.41, 5.74) is 6.92. The van der Waals surface area contributed by atoms with Crippen molar-refractivity contribution in [3.05, 3.63) is 42.3 Å². The molecular formula is C24H29FN4O6S. The van der Waals surface area contributed by atoms with E-state index < -0.39 is 39.9 Å². The summed E-state index contributed by atoms with van der Waals surface area (Å²) < 4.78 is 48.7. The van der Waals surface area contributed by atoms with Crippen molar-refractivity contribution in [2.24, 2.45) is 11.7 Å². The minimum atomic E-state index is -3.00. The third-order valence-corrected chi connectivity index (χ3v) is 7.88. The molecule has 2 N–H and O–H groups in total. The number of nitrogens with zero attached hydrogens (tertiary/aromatic N) is 3.